The normalized spacial score (nSPS) is 27.0. The molecule has 0 aromatic heterocycles. The Balaban J connectivity index is 1.48. The molecule has 5 nitrogen and oxygen atoms in total. The molecule has 2 aliphatic heterocycles. The molecule has 1 fully saturated rings. The standard InChI is InChI=1S/C20H25N3O2S/c24-19-17-14-16(22-10-12-25-13-11-22)6-7-18(17)21-20(26)23(19)9-8-15-4-2-1-3-5-15/h4,6-7,14,16H,1-3,5,8-13H2. The quantitative estimate of drug-likeness (QED) is 0.563. The number of hydrogen-bond donors (Lipinski definition) is 0. The summed E-state index contributed by atoms with van der Waals surface area (Å²) in [6, 6.07) is 0.131. The number of amides is 1. The minimum atomic E-state index is -0.000908. The first-order valence-electron chi connectivity index (χ1n) is 9.57. The van der Waals surface area contributed by atoms with Crippen molar-refractivity contribution in [2.24, 2.45) is 4.99 Å². The molecule has 2 aliphatic carbocycles. The molecule has 138 valence electrons. The molecule has 0 radical (unpaired) electrons. The Morgan fingerprint density at radius 2 is 2.12 bits per heavy atom. The third-order valence-corrected chi connectivity index (χ3v) is 5.81. The fourth-order valence-electron chi connectivity index (χ4n) is 3.95. The zero-order chi connectivity index (χ0) is 17.9. The average molecular weight is 372 g/mol. The van der Waals surface area contributed by atoms with E-state index in [2.05, 4.69) is 22.0 Å². The van der Waals surface area contributed by atoms with Crippen LogP contribution in [0.1, 0.15) is 32.1 Å². The Labute approximate surface area is 160 Å². The maximum Gasteiger partial charge on any atom is 0.262 e. The second kappa shape index (κ2) is 7.94. The molecule has 4 rings (SSSR count). The highest BCUT2D eigenvalue weighted by molar-refractivity contribution is 7.80. The van der Waals surface area contributed by atoms with Gasteiger partial charge in [0, 0.05) is 25.7 Å². The fraction of sp³-hybridized carbons (Fsp3) is 0.550. The molecule has 1 amide bonds. The third kappa shape index (κ3) is 3.72. The minimum absolute atomic E-state index is 0.000908. The molecule has 2 heterocycles. The van der Waals surface area contributed by atoms with Gasteiger partial charge in [-0.25, -0.2) is 4.99 Å². The third-order valence-electron chi connectivity index (χ3n) is 5.50. The number of morpholine rings is 1. The summed E-state index contributed by atoms with van der Waals surface area (Å²) >= 11 is 5.40. The Kier molecular flexibility index (Phi) is 5.43. The lowest BCUT2D eigenvalue weighted by Gasteiger charge is -2.35. The number of aliphatic imine (C=N–C) groups is 1. The van der Waals surface area contributed by atoms with E-state index in [1.807, 2.05) is 12.2 Å². The lowest BCUT2D eigenvalue weighted by atomic mass is 9.95. The summed E-state index contributed by atoms with van der Waals surface area (Å²) in [6.07, 6.45) is 14.2. The van der Waals surface area contributed by atoms with E-state index in [-0.39, 0.29) is 11.9 Å². The Bertz CT molecular complexity index is 717. The molecule has 1 atom stereocenters. The van der Waals surface area contributed by atoms with Gasteiger partial charge >= 0.3 is 0 Å². The van der Waals surface area contributed by atoms with E-state index in [1.165, 1.54) is 18.4 Å². The molecule has 4 aliphatic rings. The Hall–Kier alpha value is -1.63. The van der Waals surface area contributed by atoms with Crippen molar-refractivity contribution in [2.75, 3.05) is 32.8 Å². The van der Waals surface area contributed by atoms with Crippen molar-refractivity contribution in [3.63, 3.8) is 0 Å². The van der Waals surface area contributed by atoms with Crippen LogP contribution in [0, 0.1) is 0 Å². The van der Waals surface area contributed by atoms with Crippen molar-refractivity contribution in [2.45, 2.75) is 38.1 Å². The van der Waals surface area contributed by atoms with Crippen LogP contribution >= 0.6 is 12.2 Å². The summed E-state index contributed by atoms with van der Waals surface area (Å²) in [6.45, 7) is 3.89. The van der Waals surface area contributed by atoms with Gasteiger partial charge in [-0.15, -0.1) is 0 Å². The van der Waals surface area contributed by atoms with E-state index in [9.17, 15) is 4.79 Å². The summed E-state index contributed by atoms with van der Waals surface area (Å²) in [5, 5.41) is 0.396. The molecule has 26 heavy (non-hydrogen) atoms. The summed E-state index contributed by atoms with van der Waals surface area (Å²) in [5.41, 5.74) is 2.85. The second-order valence-corrected chi connectivity index (χ2v) is 7.54. The molecule has 1 unspecified atom stereocenters. The van der Waals surface area contributed by atoms with Crippen LogP contribution in [0.15, 0.2) is 40.4 Å². The van der Waals surface area contributed by atoms with Crippen molar-refractivity contribution < 1.29 is 9.53 Å². The fourth-order valence-corrected chi connectivity index (χ4v) is 4.22. The molecule has 0 spiro atoms. The molecule has 0 bridgehead atoms. The van der Waals surface area contributed by atoms with Gasteiger partial charge in [-0.2, -0.15) is 0 Å². The highest BCUT2D eigenvalue weighted by Gasteiger charge is 2.32. The van der Waals surface area contributed by atoms with Gasteiger partial charge in [-0.1, -0.05) is 17.7 Å². The smallest absolute Gasteiger partial charge is 0.262 e. The molecule has 0 N–H and O–H groups in total. The van der Waals surface area contributed by atoms with Crippen LogP contribution < -0.4 is 0 Å². The van der Waals surface area contributed by atoms with Gasteiger partial charge in [0.2, 0.25) is 5.11 Å². The summed E-state index contributed by atoms with van der Waals surface area (Å²) < 4.78 is 5.43. The van der Waals surface area contributed by atoms with Crippen LogP contribution in [0.2, 0.25) is 0 Å². The first-order valence-corrected chi connectivity index (χ1v) is 9.98. The Morgan fingerprint density at radius 1 is 1.27 bits per heavy atom. The maximum absolute atomic E-state index is 13.1. The molecule has 0 aromatic carbocycles. The van der Waals surface area contributed by atoms with E-state index < -0.39 is 0 Å². The lowest BCUT2D eigenvalue weighted by molar-refractivity contribution is -0.123. The number of fused-ring (bicyclic) bond motifs is 1. The van der Waals surface area contributed by atoms with Crippen molar-refractivity contribution in [3.05, 3.63) is 35.5 Å². The van der Waals surface area contributed by atoms with Crippen molar-refractivity contribution in [1.82, 2.24) is 9.80 Å². The summed E-state index contributed by atoms with van der Waals surface area (Å²) in [4.78, 5) is 21.6. The lowest BCUT2D eigenvalue weighted by Crippen LogP contribution is -2.46. The highest BCUT2D eigenvalue weighted by Crippen LogP contribution is 2.24. The van der Waals surface area contributed by atoms with Crippen LogP contribution in [0.4, 0.5) is 0 Å². The van der Waals surface area contributed by atoms with Crippen molar-refractivity contribution in [1.29, 1.82) is 0 Å². The van der Waals surface area contributed by atoms with Gasteiger partial charge in [0.15, 0.2) is 0 Å². The molecule has 0 saturated carbocycles. The maximum atomic E-state index is 13.1. The average Bonchev–Trinajstić information content (AvgIpc) is 2.69. The van der Waals surface area contributed by atoms with Crippen LogP contribution in [0.25, 0.3) is 0 Å². The van der Waals surface area contributed by atoms with Crippen LogP contribution in [0.3, 0.4) is 0 Å². The second-order valence-electron chi connectivity index (χ2n) is 7.17. The number of ether oxygens (including phenoxy) is 1. The monoisotopic (exact) mass is 371 g/mol. The Morgan fingerprint density at radius 3 is 2.88 bits per heavy atom. The molecule has 0 aromatic rings. The van der Waals surface area contributed by atoms with Crippen LogP contribution in [-0.2, 0) is 9.53 Å². The number of thiocarbonyl (C=S) groups is 1. The number of nitrogens with zero attached hydrogens (tertiary/aromatic N) is 3. The largest absolute Gasteiger partial charge is 0.379 e. The van der Waals surface area contributed by atoms with Gasteiger partial charge in [0.1, 0.15) is 0 Å². The van der Waals surface area contributed by atoms with E-state index in [4.69, 9.17) is 17.0 Å². The first-order chi connectivity index (χ1) is 12.7. The first kappa shape index (κ1) is 17.8. The van der Waals surface area contributed by atoms with Crippen molar-refractivity contribution >= 4 is 28.9 Å². The zero-order valence-corrected chi connectivity index (χ0v) is 15.8. The van der Waals surface area contributed by atoms with Crippen LogP contribution in [-0.4, -0.2) is 65.4 Å². The molecular weight excluding hydrogens is 346 g/mol. The van der Waals surface area contributed by atoms with Gasteiger partial charge < -0.3 is 4.74 Å². The number of allylic oxidation sites excluding steroid dienone is 2. The topological polar surface area (TPSA) is 45.1 Å². The minimum Gasteiger partial charge on any atom is -0.379 e. The van der Waals surface area contributed by atoms with Crippen molar-refractivity contribution in [3.8, 4) is 0 Å². The molecule has 6 heteroatoms. The molecule has 1 saturated heterocycles. The van der Waals surface area contributed by atoms with Gasteiger partial charge in [-0.05, 0) is 56.5 Å². The van der Waals surface area contributed by atoms with Crippen LogP contribution in [0.5, 0.6) is 0 Å². The van der Waals surface area contributed by atoms with Gasteiger partial charge in [0.25, 0.3) is 5.91 Å². The predicted octanol–water partition coefficient (Wildman–Crippen LogP) is 2.64. The van der Waals surface area contributed by atoms with E-state index in [1.54, 1.807) is 4.90 Å². The highest BCUT2D eigenvalue weighted by atomic mass is 32.1. The van der Waals surface area contributed by atoms with E-state index >= 15 is 0 Å². The summed E-state index contributed by atoms with van der Waals surface area (Å²) in [7, 11) is 0. The zero-order valence-electron chi connectivity index (χ0n) is 15.0. The van der Waals surface area contributed by atoms with E-state index in [0.717, 1.165) is 45.6 Å². The predicted molar refractivity (Wildman–Crippen MR) is 106 cm³/mol. The van der Waals surface area contributed by atoms with Gasteiger partial charge in [-0.3, -0.25) is 14.6 Å². The SMILES string of the molecule is O=C1C2=CC(N3CCOCC3)C=CC2=NC(=S)N1CCC1=CCCCC1. The number of carbonyl (C=O) groups excluding carboxylic acids is 1. The number of rotatable bonds is 4. The summed E-state index contributed by atoms with van der Waals surface area (Å²) in [5.74, 6) is -0.000908. The number of carbonyl (C=O) groups is 1. The van der Waals surface area contributed by atoms with E-state index in [0.29, 0.717) is 22.9 Å². The van der Waals surface area contributed by atoms with Gasteiger partial charge in [0.05, 0.1) is 24.5 Å². The number of hydrogen-bond acceptors (Lipinski definition) is 4. The molecular formula is C20H25N3O2S.